The van der Waals surface area contributed by atoms with Gasteiger partial charge in [-0.2, -0.15) is 9.36 Å². The Labute approximate surface area is 201 Å². The number of hydrogen-bond acceptors (Lipinski definition) is 4. The van der Waals surface area contributed by atoms with Gasteiger partial charge in [0.2, 0.25) is 11.8 Å². The lowest BCUT2D eigenvalue weighted by Gasteiger charge is -2.51. The summed E-state index contributed by atoms with van der Waals surface area (Å²) in [5.74, 6) is -0.353. The Balaban J connectivity index is 1.76. The molecule has 0 saturated carbocycles. The van der Waals surface area contributed by atoms with E-state index in [1.807, 2.05) is 68.4 Å². The number of aryl methyl sites for hydroxylation is 2. The molecule has 0 saturated heterocycles. The number of carbonyl (C=O) groups excluding carboxylic acids is 1. The summed E-state index contributed by atoms with van der Waals surface area (Å²) >= 11 is 0. The number of nitrogens with zero attached hydrogens (tertiary/aromatic N) is 5. The zero-order valence-electron chi connectivity index (χ0n) is 19.5. The van der Waals surface area contributed by atoms with E-state index in [9.17, 15) is 14.4 Å². The van der Waals surface area contributed by atoms with Gasteiger partial charge in [0.05, 0.1) is 11.4 Å². The summed E-state index contributed by atoms with van der Waals surface area (Å²) in [6, 6.07) is 24.2. The van der Waals surface area contributed by atoms with Crippen molar-refractivity contribution in [2.45, 2.75) is 25.7 Å². The highest BCUT2D eigenvalue weighted by atomic mass is 16.2. The van der Waals surface area contributed by atoms with Crippen LogP contribution in [-0.2, 0) is 10.5 Å². The Kier molecular flexibility index (Phi) is 4.38. The van der Waals surface area contributed by atoms with E-state index in [2.05, 4.69) is 0 Å². The molecule has 2 unspecified atom stereocenters. The Morgan fingerprint density at radius 3 is 2.00 bits per heavy atom. The average Bonchev–Trinajstić information content (AvgIpc) is 3.14. The number of aromatic nitrogens is 3. The Morgan fingerprint density at radius 1 is 0.771 bits per heavy atom. The van der Waals surface area contributed by atoms with Crippen LogP contribution in [0.2, 0.25) is 0 Å². The van der Waals surface area contributed by atoms with Crippen LogP contribution in [0.5, 0.6) is 0 Å². The molecule has 2 atom stereocenters. The Hall–Kier alpha value is -4.46. The average molecular weight is 466 g/mol. The van der Waals surface area contributed by atoms with Crippen molar-refractivity contribution in [1.29, 1.82) is 0 Å². The van der Waals surface area contributed by atoms with Gasteiger partial charge < -0.3 is 4.90 Å². The number of carbonyl (C=O) groups is 1. The molecule has 4 heterocycles. The number of hydrogen-bond donors (Lipinski definition) is 0. The van der Waals surface area contributed by atoms with Gasteiger partial charge >= 0.3 is 11.4 Å². The minimum absolute atomic E-state index is 0.353. The topological polar surface area (TPSA) is 81.6 Å². The smallest absolute Gasteiger partial charge is 0.308 e. The van der Waals surface area contributed by atoms with Gasteiger partial charge in [-0.25, -0.2) is 19.1 Å². The molecule has 174 valence electrons. The van der Waals surface area contributed by atoms with Crippen molar-refractivity contribution < 1.29 is 4.79 Å². The number of amides is 1. The van der Waals surface area contributed by atoms with Crippen molar-refractivity contribution in [1.82, 2.24) is 18.8 Å². The minimum Gasteiger partial charge on any atom is -0.308 e. The highest BCUT2D eigenvalue weighted by molar-refractivity contribution is 6.12. The quantitative estimate of drug-likeness (QED) is 0.466. The molecule has 0 aliphatic carbocycles. The number of likely N-dealkylation sites (N-methyl/N-ethyl adjacent to an activating group) is 1. The van der Waals surface area contributed by atoms with Gasteiger partial charge in [0.1, 0.15) is 0 Å². The summed E-state index contributed by atoms with van der Waals surface area (Å²) < 4.78 is 3.71. The standard InChI is InChI=1S/C27H23N5O3/c1-17-9-13-19(14-10-17)22-27(20-15-11-18(2)12-16-20)29(3)24(33)23(28-22)31-25(34)30(26(35)32(27)31)21-7-5-4-6-8-21/h4-16,23H,1-3H3. The molecular weight excluding hydrogens is 442 g/mol. The summed E-state index contributed by atoms with van der Waals surface area (Å²) in [5, 5.41) is 0. The highest BCUT2D eigenvalue weighted by Crippen LogP contribution is 2.43. The Morgan fingerprint density at radius 2 is 1.37 bits per heavy atom. The van der Waals surface area contributed by atoms with Crippen molar-refractivity contribution >= 4 is 11.6 Å². The van der Waals surface area contributed by atoms with Crippen molar-refractivity contribution in [2.24, 2.45) is 4.99 Å². The van der Waals surface area contributed by atoms with Gasteiger partial charge in [-0.1, -0.05) is 77.9 Å². The van der Waals surface area contributed by atoms with Gasteiger partial charge in [0, 0.05) is 18.2 Å². The van der Waals surface area contributed by atoms with Gasteiger partial charge in [-0.05, 0) is 26.0 Å². The van der Waals surface area contributed by atoms with Gasteiger partial charge in [0.25, 0.3) is 5.91 Å². The van der Waals surface area contributed by atoms with Crippen LogP contribution >= 0.6 is 0 Å². The Bertz CT molecular complexity index is 1630. The molecule has 8 heteroatoms. The fourth-order valence-electron chi connectivity index (χ4n) is 5.15. The second kappa shape index (κ2) is 7.27. The monoisotopic (exact) mass is 465 g/mol. The second-order valence-electron chi connectivity index (χ2n) is 9.05. The molecular formula is C27H23N5O3. The number of aliphatic imine (C=N–C) groups is 1. The maximum Gasteiger partial charge on any atom is 0.354 e. The molecule has 2 bridgehead atoms. The SMILES string of the molecule is Cc1ccc(C2=NC3C(=O)N(C)C2(c2ccc(C)cc2)n2c(=O)n(-c4ccccc4)c(=O)n23)cc1. The number of para-hydroxylation sites is 1. The molecule has 3 aliphatic heterocycles. The van der Waals surface area contributed by atoms with E-state index in [1.165, 1.54) is 9.36 Å². The van der Waals surface area contributed by atoms with E-state index in [0.717, 1.165) is 21.3 Å². The van der Waals surface area contributed by atoms with Crippen molar-refractivity contribution in [3.05, 3.63) is 122 Å². The first-order valence-electron chi connectivity index (χ1n) is 11.4. The van der Waals surface area contributed by atoms with E-state index in [4.69, 9.17) is 4.99 Å². The summed E-state index contributed by atoms with van der Waals surface area (Å²) in [6.07, 6.45) is -1.17. The zero-order valence-corrected chi connectivity index (χ0v) is 19.5. The summed E-state index contributed by atoms with van der Waals surface area (Å²) in [6.45, 7) is 3.96. The molecule has 3 aromatic carbocycles. The summed E-state index contributed by atoms with van der Waals surface area (Å²) in [4.78, 5) is 47.7. The van der Waals surface area contributed by atoms with Crippen LogP contribution in [-0.4, -0.2) is 37.5 Å². The normalized spacial score (nSPS) is 20.7. The molecule has 0 N–H and O–H groups in total. The summed E-state index contributed by atoms with van der Waals surface area (Å²) in [5.41, 5.74) is 1.95. The second-order valence-corrected chi connectivity index (χ2v) is 9.05. The molecule has 1 aromatic heterocycles. The minimum atomic E-state index is -1.44. The zero-order chi connectivity index (χ0) is 24.5. The molecule has 0 spiro atoms. The van der Waals surface area contributed by atoms with E-state index >= 15 is 0 Å². The molecule has 1 amide bonds. The summed E-state index contributed by atoms with van der Waals surface area (Å²) in [7, 11) is 1.67. The first-order chi connectivity index (χ1) is 16.9. The fourth-order valence-corrected chi connectivity index (χ4v) is 5.15. The first kappa shape index (κ1) is 21.1. The van der Waals surface area contributed by atoms with Gasteiger partial charge in [0.15, 0.2) is 0 Å². The molecule has 7 rings (SSSR count). The van der Waals surface area contributed by atoms with Crippen LogP contribution in [0.25, 0.3) is 5.69 Å². The van der Waals surface area contributed by atoms with Crippen molar-refractivity contribution in [3.8, 4) is 5.69 Å². The molecule has 3 aliphatic rings. The van der Waals surface area contributed by atoms with Gasteiger partial charge in [-0.3, -0.25) is 4.79 Å². The van der Waals surface area contributed by atoms with Crippen molar-refractivity contribution in [3.63, 3.8) is 0 Å². The first-order valence-corrected chi connectivity index (χ1v) is 11.4. The molecule has 0 fully saturated rings. The van der Waals surface area contributed by atoms with Crippen LogP contribution < -0.4 is 11.4 Å². The predicted molar refractivity (Wildman–Crippen MR) is 132 cm³/mol. The largest absolute Gasteiger partial charge is 0.354 e. The fraction of sp³-hybridized carbons (Fsp3) is 0.185. The molecule has 4 aromatic rings. The van der Waals surface area contributed by atoms with Crippen LogP contribution in [0, 0.1) is 13.8 Å². The number of rotatable bonds is 3. The molecule has 0 radical (unpaired) electrons. The van der Waals surface area contributed by atoms with Crippen LogP contribution in [0.4, 0.5) is 0 Å². The van der Waals surface area contributed by atoms with Crippen molar-refractivity contribution in [2.75, 3.05) is 7.05 Å². The lowest BCUT2D eigenvalue weighted by atomic mass is 9.84. The lowest BCUT2D eigenvalue weighted by Crippen LogP contribution is -2.70. The maximum absolute atomic E-state index is 14.1. The van der Waals surface area contributed by atoms with Gasteiger partial charge in [-0.15, -0.1) is 0 Å². The van der Waals surface area contributed by atoms with E-state index < -0.39 is 23.2 Å². The molecule has 8 nitrogen and oxygen atoms in total. The van der Waals surface area contributed by atoms with E-state index in [0.29, 0.717) is 17.0 Å². The lowest BCUT2D eigenvalue weighted by molar-refractivity contribution is -0.146. The maximum atomic E-state index is 14.1. The van der Waals surface area contributed by atoms with E-state index in [1.54, 1.807) is 36.2 Å². The van der Waals surface area contributed by atoms with Crippen LogP contribution in [0.1, 0.15) is 28.4 Å². The van der Waals surface area contributed by atoms with Crippen LogP contribution in [0.3, 0.4) is 0 Å². The third-order valence-electron chi connectivity index (χ3n) is 6.93. The number of benzene rings is 3. The number of fused-ring (bicyclic) bond motifs is 1. The van der Waals surface area contributed by atoms with E-state index in [-0.39, 0.29) is 5.91 Å². The molecule has 35 heavy (non-hydrogen) atoms. The third kappa shape index (κ3) is 2.67. The predicted octanol–water partition coefficient (Wildman–Crippen LogP) is 2.59. The van der Waals surface area contributed by atoms with Crippen LogP contribution in [0.15, 0.2) is 93.4 Å². The third-order valence-corrected chi connectivity index (χ3v) is 6.93. The highest BCUT2D eigenvalue weighted by Gasteiger charge is 2.59.